The van der Waals surface area contributed by atoms with Gasteiger partial charge in [0.25, 0.3) is 0 Å². The van der Waals surface area contributed by atoms with Crippen LogP contribution in [0.3, 0.4) is 0 Å². The van der Waals surface area contributed by atoms with Crippen LogP contribution in [-0.4, -0.2) is 32.6 Å². The average molecular weight is 306 g/mol. The predicted molar refractivity (Wildman–Crippen MR) is 75.1 cm³/mol. The van der Waals surface area contributed by atoms with Gasteiger partial charge in [0.05, 0.1) is 17.9 Å². The first kappa shape index (κ1) is 15.8. The molecule has 0 atom stereocenters. The lowest BCUT2D eigenvalue weighted by Gasteiger charge is -2.08. The molecule has 1 rings (SSSR count). The summed E-state index contributed by atoms with van der Waals surface area (Å²) in [5, 5.41) is 0. The first-order valence-electron chi connectivity index (χ1n) is 5.82. The molecule has 0 spiro atoms. The van der Waals surface area contributed by atoms with Gasteiger partial charge in [0.15, 0.2) is 0 Å². The van der Waals surface area contributed by atoms with E-state index in [1.165, 1.54) is 24.3 Å². The second-order valence-corrected chi connectivity index (χ2v) is 5.98. The lowest BCUT2D eigenvalue weighted by atomic mass is 10.2. The lowest BCUT2D eigenvalue weighted by molar-refractivity contribution is 0.0526. The molecule has 0 aromatic heterocycles. The highest BCUT2D eigenvalue weighted by molar-refractivity contribution is 7.92. The van der Waals surface area contributed by atoms with Gasteiger partial charge >= 0.3 is 5.97 Å². The van der Waals surface area contributed by atoms with Gasteiger partial charge in [-0.05, 0) is 37.6 Å². The first-order chi connectivity index (χ1) is 8.98. The standard InChI is InChI=1S/C12H16ClNO4S/c1-2-18-12(15)10-4-6-11(7-5-10)14-19(16,17)9-3-8-13/h4-7,14H,2-3,8-9H2,1H3. The van der Waals surface area contributed by atoms with E-state index >= 15 is 0 Å². The largest absolute Gasteiger partial charge is 0.462 e. The number of ether oxygens (including phenoxy) is 1. The fraction of sp³-hybridized carbons (Fsp3) is 0.417. The van der Waals surface area contributed by atoms with Crippen molar-refractivity contribution in [3.63, 3.8) is 0 Å². The minimum absolute atomic E-state index is 0.0316. The third-order valence-corrected chi connectivity index (χ3v) is 3.86. The fourth-order valence-electron chi connectivity index (χ4n) is 1.36. The average Bonchev–Trinajstić information content (AvgIpc) is 2.37. The summed E-state index contributed by atoms with van der Waals surface area (Å²) in [6, 6.07) is 6.06. The number of alkyl halides is 1. The molecular formula is C12H16ClNO4S. The predicted octanol–water partition coefficient (Wildman–Crippen LogP) is 2.23. The molecule has 0 aliphatic rings. The molecule has 0 unspecified atom stereocenters. The minimum Gasteiger partial charge on any atom is -0.462 e. The van der Waals surface area contributed by atoms with Crippen molar-refractivity contribution in [2.75, 3.05) is 23.0 Å². The van der Waals surface area contributed by atoms with Crippen molar-refractivity contribution in [1.29, 1.82) is 0 Å². The van der Waals surface area contributed by atoms with Gasteiger partial charge in [0, 0.05) is 11.6 Å². The summed E-state index contributed by atoms with van der Waals surface area (Å²) in [7, 11) is -3.39. The van der Waals surface area contributed by atoms with Crippen molar-refractivity contribution in [3.05, 3.63) is 29.8 Å². The highest BCUT2D eigenvalue weighted by Gasteiger charge is 2.11. The molecule has 0 fully saturated rings. The van der Waals surface area contributed by atoms with Crippen LogP contribution in [-0.2, 0) is 14.8 Å². The highest BCUT2D eigenvalue weighted by Crippen LogP contribution is 2.12. The van der Waals surface area contributed by atoms with Crippen LogP contribution in [0.5, 0.6) is 0 Å². The van der Waals surface area contributed by atoms with E-state index < -0.39 is 16.0 Å². The van der Waals surface area contributed by atoms with Crippen molar-refractivity contribution in [1.82, 2.24) is 0 Å². The van der Waals surface area contributed by atoms with Crippen molar-refractivity contribution in [2.45, 2.75) is 13.3 Å². The summed E-state index contributed by atoms with van der Waals surface area (Å²) in [6.45, 7) is 2.02. The molecular weight excluding hydrogens is 290 g/mol. The van der Waals surface area contributed by atoms with E-state index in [2.05, 4.69) is 4.72 Å². The SMILES string of the molecule is CCOC(=O)c1ccc(NS(=O)(=O)CCCCl)cc1. The number of sulfonamides is 1. The van der Waals surface area contributed by atoms with Crippen molar-refractivity contribution < 1.29 is 17.9 Å². The number of carbonyl (C=O) groups is 1. The van der Waals surface area contributed by atoms with Crippen LogP contribution in [0.25, 0.3) is 0 Å². The molecule has 0 amide bonds. The summed E-state index contributed by atoms with van der Waals surface area (Å²) in [5.41, 5.74) is 0.785. The summed E-state index contributed by atoms with van der Waals surface area (Å²) in [5.74, 6) is -0.169. The number of esters is 1. The van der Waals surface area contributed by atoms with E-state index in [0.717, 1.165) is 0 Å². The monoisotopic (exact) mass is 305 g/mol. The van der Waals surface area contributed by atoms with Crippen LogP contribution in [0.15, 0.2) is 24.3 Å². The number of carbonyl (C=O) groups excluding carboxylic acids is 1. The van der Waals surface area contributed by atoms with Crippen LogP contribution < -0.4 is 4.72 Å². The van der Waals surface area contributed by atoms with E-state index in [1.54, 1.807) is 6.92 Å². The second kappa shape index (κ2) is 7.35. The molecule has 0 radical (unpaired) electrons. The van der Waals surface area contributed by atoms with Crippen molar-refractivity contribution in [3.8, 4) is 0 Å². The zero-order valence-corrected chi connectivity index (χ0v) is 12.1. The van der Waals surface area contributed by atoms with E-state index in [-0.39, 0.29) is 5.75 Å². The van der Waals surface area contributed by atoms with Gasteiger partial charge in [0.2, 0.25) is 10.0 Å². The summed E-state index contributed by atoms with van der Waals surface area (Å²) >= 11 is 5.45. The minimum atomic E-state index is -3.39. The van der Waals surface area contributed by atoms with E-state index in [1.807, 2.05) is 0 Å². The Bertz CT molecular complexity index is 513. The molecule has 1 aromatic carbocycles. The molecule has 0 aliphatic heterocycles. The molecule has 0 aliphatic carbocycles. The Balaban J connectivity index is 2.69. The number of nitrogens with one attached hydrogen (secondary N) is 1. The topological polar surface area (TPSA) is 72.5 Å². The van der Waals surface area contributed by atoms with Crippen molar-refractivity contribution in [2.24, 2.45) is 0 Å². The Kier molecular flexibility index (Phi) is 6.11. The molecule has 106 valence electrons. The number of halogens is 1. The lowest BCUT2D eigenvalue weighted by Crippen LogP contribution is -2.17. The Morgan fingerprint density at radius 2 is 1.95 bits per heavy atom. The Morgan fingerprint density at radius 1 is 1.32 bits per heavy atom. The zero-order chi connectivity index (χ0) is 14.3. The van der Waals surface area contributed by atoms with Crippen LogP contribution in [0.2, 0.25) is 0 Å². The van der Waals surface area contributed by atoms with Gasteiger partial charge in [-0.3, -0.25) is 4.72 Å². The van der Waals surface area contributed by atoms with Gasteiger partial charge < -0.3 is 4.74 Å². The van der Waals surface area contributed by atoms with Gasteiger partial charge in [-0.15, -0.1) is 11.6 Å². The highest BCUT2D eigenvalue weighted by atomic mass is 35.5. The molecule has 7 heteroatoms. The van der Waals surface area contributed by atoms with Crippen LogP contribution in [0.4, 0.5) is 5.69 Å². The van der Waals surface area contributed by atoms with E-state index in [0.29, 0.717) is 30.2 Å². The maximum Gasteiger partial charge on any atom is 0.338 e. The van der Waals surface area contributed by atoms with Crippen LogP contribution in [0.1, 0.15) is 23.7 Å². The summed E-state index contributed by atoms with van der Waals surface area (Å²) < 4.78 is 30.5. The Morgan fingerprint density at radius 3 is 2.47 bits per heavy atom. The number of rotatable bonds is 7. The molecule has 0 heterocycles. The van der Waals surface area contributed by atoms with Crippen molar-refractivity contribution >= 4 is 33.3 Å². The van der Waals surface area contributed by atoms with Gasteiger partial charge in [-0.2, -0.15) is 0 Å². The number of benzene rings is 1. The fourth-order valence-corrected chi connectivity index (χ4v) is 2.78. The Hall–Kier alpha value is -1.27. The molecule has 0 bridgehead atoms. The normalized spacial score (nSPS) is 11.1. The summed E-state index contributed by atoms with van der Waals surface area (Å²) in [4.78, 5) is 11.4. The number of hydrogen-bond acceptors (Lipinski definition) is 4. The van der Waals surface area contributed by atoms with E-state index in [4.69, 9.17) is 16.3 Å². The smallest absolute Gasteiger partial charge is 0.338 e. The first-order valence-corrected chi connectivity index (χ1v) is 8.01. The van der Waals surface area contributed by atoms with Gasteiger partial charge in [-0.25, -0.2) is 13.2 Å². The van der Waals surface area contributed by atoms with Crippen LogP contribution in [0, 0.1) is 0 Å². The third kappa shape index (κ3) is 5.48. The molecule has 0 saturated heterocycles. The quantitative estimate of drug-likeness (QED) is 0.619. The molecule has 1 N–H and O–H groups in total. The molecule has 5 nitrogen and oxygen atoms in total. The third-order valence-electron chi connectivity index (χ3n) is 2.22. The maximum absolute atomic E-state index is 11.6. The summed E-state index contributed by atoms with van der Waals surface area (Å²) in [6.07, 6.45) is 0.387. The molecule has 0 saturated carbocycles. The number of anilines is 1. The maximum atomic E-state index is 11.6. The zero-order valence-electron chi connectivity index (χ0n) is 10.6. The van der Waals surface area contributed by atoms with E-state index in [9.17, 15) is 13.2 Å². The van der Waals surface area contributed by atoms with Crippen LogP contribution >= 0.6 is 11.6 Å². The van der Waals surface area contributed by atoms with Gasteiger partial charge in [-0.1, -0.05) is 0 Å². The number of hydrogen-bond donors (Lipinski definition) is 1. The molecule has 1 aromatic rings. The molecule has 19 heavy (non-hydrogen) atoms. The Labute approximate surface area is 118 Å². The van der Waals surface area contributed by atoms with Gasteiger partial charge in [0.1, 0.15) is 0 Å². The second-order valence-electron chi connectivity index (χ2n) is 3.76.